The van der Waals surface area contributed by atoms with Gasteiger partial charge in [0.2, 0.25) is 12.7 Å². The second-order valence-electron chi connectivity index (χ2n) is 6.56. The Morgan fingerprint density at radius 1 is 1.04 bits per heavy atom. The molecule has 0 N–H and O–H groups in total. The molecule has 2 aliphatic heterocycles. The third kappa shape index (κ3) is 3.46. The maximum Gasteiger partial charge on any atom is 0.231 e. The number of fused-ring (bicyclic) bond motifs is 1. The van der Waals surface area contributed by atoms with E-state index in [1.165, 1.54) is 5.56 Å². The molecular formula is C18H23N5O2. The molecule has 1 fully saturated rings. The number of nitrogens with zero attached hydrogens (tertiary/aromatic N) is 5. The minimum absolute atomic E-state index is 0.323. The molecule has 2 aromatic rings. The number of ether oxygens (including phenoxy) is 2. The van der Waals surface area contributed by atoms with Crippen LogP contribution in [0.25, 0.3) is 0 Å². The molecule has 7 nitrogen and oxygen atoms in total. The second kappa shape index (κ2) is 6.76. The summed E-state index contributed by atoms with van der Waals surface area (Å²) in [5.74, 6) is 3.44. The fraction of sp³-hybridized carbons (Fsp3) is 0.444. The Balaban J connectivity index is 1.36. The van der Waals surface area contributed by atoms with Crippen molar-refractivity contribution in [2.75, 3.05) is 56.9 Å². The SMILES string of the molecule is CN(C)c1ccnc(N2CCN(Cc3ccc4c(c3)OCO4)CC2)n1. The lowest BCUT2D eigenvalue weighted by Crippen LogP contribution is -2.46. The number of piperazine rings is 1. The molecule has 0 amide bonds. The largest absolute Gasteiger partial charge is 0.454 e. The second-order valence-corrected chi connectivity index (χ2v) is 6.56. The molecule has 1 saturated heterocycles. The highest BCUT2D eigenvalue weighted by Gasteiger charge is 2.20. The highest BCUT2D eigenvalue weighted by Crippen LogP contribution is 2.32. The van der Waals surface area contributed by atoms with Gasteiger partial charge in [-0.2, -0.15) is 4.98 Å². The van der Waals surface area contributed by atoms with Gasteiger partial charge < -0.3 is 19.3 Å². The van der Waals surface area contributed by atoms with Crippen LogP contribution in [0.15, 0.2) is 30.5 Å². The van der Waals surface area contributed by atoms with E-state index in [0.717, 1.165) is 56.0 Å². The average molecular weight is 341 g/mol. The number of hydrogen-bond acceptors (Lipinski definition) is 7. The van der Waals surface area contributed by atoms with Gasteiger partial charge in [-0.15, -0.1) is 0 Å². The first kappa shape index (κ1) is 16.0. The number of hydrogen-bond donors (Lipinski definition) is 0. The van der Waals surface area contributed by atoms with Crippen LogP contribution >= 0.6 is 0 Å². The highest BCUT2D eigenvalue weighted by atomic mass is 16.7. The molecule has 0 saturated carbocycles. The van der Waals surface area contributed by atoms with E-state index in [9.17, 15) is 0 Å². The number of anilines is 2. The van der Waals surface area contributed by atoms with Crippen molar-refractivity contribution in [1.29, 1.82) is 0 Å². The number of rotatable bonds is 4. The first-order valence-electron chi connectivity index (χ1n) is 8.55. The van der Waals surface area contributed by atoms with E-state index in [1.807, 2.05) is 37.3 Å². The maximum atomic E-state index is 5.46. The van der Waals surface area contributed by atoms with Gasteiger partial charge in [-0.05, 0) is 23.8 Å². The third-order valence-electron chi connectivity index (χ3n) is 4.58. The predicted molar refractivity (Wildman–Crippen MR) is 96.4 cm³/mol. The van der Waals surface area contributed by atoms with Crippen molar-refractivity contribution in [3.8, 4) is 11.5 Å². The molecule has 0 unspecified atom stereocenters. The van der Waals surface area contributed by atoms with E-state index >= 15 is 0 Å². The van der Waals surface area contributed by atoms with Crippen LogP contribution in [0.5, 0.6) is 11.5 Å². The van der Waals surface area contributed by atoms with Crippen molar-refractivity contribution in [1.82, 2.24) is 14.9 Å². The number of aromatic nitrogens is 2. The van der Waals surface area contributed by atoms with Crippen LogP contribution in [0.4, 0.5) is 11.8 Å². The summed E-state index contributed by atoms with van der Waals surface area (Å²) in [6.45, 7) is 5.09. The summed E-state index contributed by atoms with van der Waals surface area (Å²) in [7, 11) is 3.99. The molecule has 0 bridgehead atoms. The van der Waals surface area contributed by atoms with Crippen LogP contribution < -0.4 is 19.3 Å². The van der Waals surface area contributed by atoms with Gasteiger partial charge in [-0.3, -0.25) is 4.90 Å². The Bertz CT molecular complexity index is 744. The lowest BCUT2D eigenvalue weighted by Gasteiger charge is -2.35. The van der Waals surface area contributed by atoms with Crippen LogP contribution in [0.2, 0.25) is 0 Å². The first-order chi connectivity index (χ1) is 12.2. The minimum Gasteiger partial charge on any atom is -0.454 e. The van der Waals surface area contributed by atoms with Crippen molar-refractivity contribution < 1.29 is 9.47 Å². The Kier molecular flexibility index (Phi) is 4.31. The lowest BCUT2D eigenvalue weighted by molar-refractivity contribution is 0.174. The Morgan fingerprint density at radius 2 is 1.84 bits per heavy atom. The molecule has 1 aromatic heterocycles. The Morgan fingerprint density at radius 3 is 2.64 bits per heavy atom. The lowest BCUT2D eigenvalue weighted by atomic mass is 10.1. The fourth-order valence-corrected chi connectivity index (χ4v) is 3.14. The molecule has 25 heavy (non-hydrogen) atoms. The molecule has 3 heterocycles. The summed E-state index contributed by atoms with van der Waals surface area (Å²) >= 11 is 0. The number of benzene rings is 1. The molecular weight excluding hydrogens is 318 g/mol. The standard InChI is InChI=1S/C18H23N5O2/c1-21(2)17-5-6-19-18(20-17)23-9-7-22(8-10-23)12-14-3-4-15-16(11-14)25-13-24-15/h3-6,11H,7-10,12-13H2,1-2H3. The zero-order valence-corrected chi connectivity index (χ0v) is 14.7. The molecule has 1 aromatic carbocycles. The Hall–Kier alpha value is -2.54. The van der Waals surface area contributed by atoms with Crippen LogP contribution in [-0.4, -0.2) is 61.9 Å². The van der Waals surface area contributed by atoms with Gasteiger partial charge in [0.05, 0.1) is 0 Å². The Labute approximate surface area is 147 Å². The van der Waals surface area contributed by atoms with Crippen molar-refractivity contribution in [3.05, 3.63) is 36.0 Å². The van der Waals surface area contributed by atoms with Gasteiger partial charge in [0.15, 0.2) is 11.5 Å². The van der Waals surface area contributed by atoms with Gasteiger partial charge in [0, 0.05) is 53.0 Å². The van der Waals surface area contributed by atoms with Gasteiger partial charge in [-0.25, -0.2) is 4.98 Å². The summed E-state index contributed by atoms with van der Waals surface area (Å²) in [6, 6.07) is 8.12. The van der Waals surface area contributed by atoms with Crippen molar-refractivity contribution in [2.24, 2.45) is 0 Å². The quantitative estimate of drug-likeness (QED) is 0.837. The molecule has 0 aliphatic carbocycles. The van der Waals surface area contributed by atoms with E-state index < -0.39 is 0 Å². The smallest absolute Gasteiger partial charge is 0.231 e. The van der Waals surface area contributed by atoms with E-state index in [-0.39, 0.29) is 0 Å². The van der Waals surface area contributed by atoms with Gasteiger partial charge >= 0.3 is 0 Å². The molecule has 2 aliphatic rings. The zero-order chi connectivity index (χ0) is 17.2. The molecule has 132 valence electrons. The highest BCUT2D eigenvalue weighted by molar-refractivity contribution is 5.45. The van der Waals surface area contributed by atoms with Crippen LogP contribution in [0.3, 0.4) is 0 Å². The van der Waals surface area contributed by atoms with Crippen molar-refractivity contribution in [3.63, 3.8) is 0 Å². The van der Waals surface area contributed by atoms with Crippen LogP contribution in [-0.2, 0) is 6.54 Å². The average Bonchev–Trinajstić information content (AvgIpc) is 3.10. The van der Waals surface area contributed by atoms with Crippen LogP contribution in [0, 0.1) is 0 Å². The molecule has 0 radical (unpaired) electrons. The monoisotopic (exact) mass is 341 g/mol. The molecule has 7 heteroatoms. The molecule has 4 rings (SSSR count). The summed E-state index contributed by atoms with van der Waals surface area (Å²) in [5, 5.41) is 0. The van der Waals surface area contributed by atoms with Gasteiger partial charge in [0.1, 0.15) is 5.82 Å². The minimum atomic E-state index is 0.323. The van der Waals surface area contributed by atoms with Gasteiger partial charge in [-0.1, -0.05) is 6.07 Å². The summed E-state index contributed by atoms with van der Waals surface area (Å²) < 4.78 is 10.8. The van der Waals surface area contributed by atoms with E-state index in [4.69, 9.17) is 9.47 Å². The van der Waals surface area contributed by atoms with E-state index in [2.05, 4.69) is 31.9 Å². The summed E-state index contributed by atoms with van der Waals surface area (Å²) in [4.78, 5) is 15.8. The summed E-state index contributed by atoms with van der Waals surface area (Å²) in [5.41, 5.74) is 1.25. The molecule has 0 atom stereocenters. The van der Waals surface area contributed by atoms with E-state index in [0.29, 0.717) is 6.79 Å². The van der Waals surface area contributed by atoms with Crippen LogP contribution in [0.1, 0.15) is 5.56 Å². The van der Waals surface area contributed by atoms with E-state index in [1.54, 1.807) is 0 Å². The normalized spacial score (nSPS) is 17.0. The third-order valence-corrected chi connectivity index (χ3v) is 4.58. The van der Waals surface area contributed by atoms with Gasteiger partial charge in [0.25, 0.3) is 0 Å². The fourth-order valence-electron chi connectivity index (χ4n) is 3.14. The topological polar surface area (TPSA) is 54.0 Å². The maximum absolute atomic E-state index is 5.46. The predicted octanol–water partition coefficient (Wildman–Crippen LogP) is 1.59. The first-order valence-corrected chi connectivity index (χ1v) is 8.55. The van der Waals surface area contributed by atoms with Crippen molar-refractivity contribution in [2.45, 2.75) is 6.54 Å². The molecule has 0 spiro atoms. The van der Waals surface area contributed by atoms with Crippen molar-refractivity contribution >= 4 is 11.8 Å². The summed E-state index contributed by atoms with van der Waals surface area (Å²) in [6.07, 6.45) is 1.83. The zero-order valence-electron chi connectivity index (χ0n) is 14.7.